The molecule has 0 amide bonds. The number of alkyl halides is 1. The summed E-state index contributed by atoms with van der Waals surface area (Å²) < 4.78 is 2.09. The highest BCUT2D eigenvalue weighted by Gasteiger charge is 2.29. The van der Waals surface area contributed by atoms with E-state index in [0.717, 1.165) is 30.1 Å². The lowest BCUT2D eigenvalue weighted by atomic mass is 10.2. The third kappa shape index (κ3) is 2.22. The van der Waals surface area contributed by atoms with Crippen LogP contribution in [0.5, 0.6) is 0 Å². The summed E-state index contributed by atoms with van der Waals surface area (Å²) in [6.45, 7) is 0. The molecule has 0 aliphatic heterocycles. The molecule has 0 unspecified atom stereocenters. The Labute approximate surface area is 120 Å². The van der Waals surface area contributed by atoms with Crippen molar-refractivity contribution in [2.45, 2.75) is 24.8 Å². The van der Waals surface area contributed by atoms with Crippen LogP contribution in [0.15, 0.2) is 18.2 Å². The molecule has 18 heavy (non-hydrogen) atoms. The van der Waals surface area contributed by atoms with E-state index in [4.69, 9.17) is 34.8 Å². The lowest BCUT2D eigenvalue weighted by Gasteiger charge is -2.08. The van der Waals surface area contributed by atoms with E-state index in [1.807, 2.05) is 12.1 Å². The van der Waals surface area contributed by atoms with Gasteiger partial charge in [-0.05, 0) is 31.0 Å². The Kier molecular flexibility index (Phi) is 3.22. The van der Waals surface area contributed by atoms with E-state index in [1.54, 1.807) is 6.07 Å². The summed E-state index contributed by atoms with van der Waals surface area (Å²) in [4.78, 5) is 0. The second-order valence-corrected chi connectivity index (χ2v) is 5.47. The van der Waals surface area contributed by atoms with E-state index in [1.165, 1.54) is 0 Å². The van der Waals surface area contributed by atoms with Crippen LogP contribution in [-0.2, 0) is 5.88 Å². The molecular weight excluding hydrogens is 293 g/mol. The third-order valence-corrected chi connectivity index (χ3v) is 3.59. The van der Waals surface area contributed by atoms with E-state index < -0.39 is 0 Å². The van der Waals surface area contributed by atoms with Crippen molar-refractivity contribution in [3.8, 4) is 11.4 Å². The normalized spacial score (nSPS) is 15.1. The Morgan fingerprint density at radius 2 is 1.78 bits per heavy atom. The predicted octanol–water partition coefficient (Wildman–Crippen LogP) is 4.33. The zero-order valence-electron chi connectivity index (χ0n) is 9.41. The highest BCUT2D eigenvalue weighted by molar-refractivity contribution is 6.35. The highest BCUT2D eigenvalue weighted by atomic mass is 35.5. The zero-order valence-corrected chi connectivity index (χ0v) is 11.7. The van der Waals surface area contributed by atoms with Gasteiger partial charge in [-0.25, -0.2) is 0 Å². The first-order valence-electron chi connectivity index (χ1n) is 5.65. The summed E-state index contributed by atoms with van der Waals surface area (Å²) in [6.07, 6.45) is 2.28. The molecule has 6 heteroatoms. The van der Waals surface area contributed by atoms with Crippen molar-refractivity contribution in [3.05, 3.63) is 34.1 Å². The fraction of sp³-hybridized carbons (Fsp3) is 0.333. The van der Waals surface area contributed by atoms with Crippen LogP contribution in [-0.4, -0.2) is 14.8 Å². The monoisotopic (exact) mass is 301 g/mol. The Morgan fingerprint density at radius 1 is 1.11 bits per heavy atom. The summed E-state index contributed by atoms with van der Waals surface area (Å²) in [7, 11) is 0. The van der Waals surface area contributed by atoms with E-state index in [0.29, 0.717) is 22.0 Å². The van der Waals surface area contributed by atoms with E-state index in [2.05, 4.69) is 14.8 Å². The zero-order chi connectivity index (χ0) is 12.7. The van der Waals surface area contributed by atoms with Gasteiger partial charge in [-0.1, -0.05) is 23.2 Å². The number of halogens is 3. The molecule has 1 fully saturated rings. The Bertz CT molecular complexity index is 570. The maximum atomic E-state index is 6.02. The average molecular weight is 303 g/mol. The summed E-state index contributed by atoms with van der Waals surface area (Å²) in [5.74, 6) is 1.94. The van der Waals surface area contributed by atoms with Crippen LogP contribution in [0.4, 0.5) is 0 Å². The topological polar surface area (TPSA) is 30.7 Å². The molecule has 0 N–H and O–H groups in total. The smallest absolute Gasteiger partial charge is 0.164 e. The highest BCUT2D eigenvalue weighted by Crippen LogP contribution is 2.39. The van der Waals surface area contributed by atoms with Gasteiger partial charge in [0.05, 0.1) is 5.88 Å². The van der Waals surface area contributed by atoms with Gasteiger partial charge in [0.2, 0.25) is 0 Å². The number of hydrogen-bond acceptors (Lipinski definition) is 2. The van der Waals surface area contributed by atoms with Crippen LogP contribution in [0.25, 0.3) is 11.4 Å². The largest absolute Gasteiger partial charge is 0.307 e. The van der Waals surface area contributed by atoms with Crippen molar-refractivity contribution in [2.24, 2.45) is 0 Å². The van der Waals surface area contributed by atoms with Crippen molar-refractivity contribution in [1.29, 1.82) is 0 Å². The Hall–Kier alpha value is -0.770. The van der Waals surface area contributed by atoms with Crippen LogP contribution < -0.4 is 0 Å². The lowest BCUT2D eigenvalue weighted by Crippen LogP contribution is -2.01. The van der Waals surface area contributed by atoms with Crippen LogP contribution in [0.3, 0.4) is 0 Å². The van der Waals surface area contributed by atoms with Gasteiger partial charge in [-0.3, -0.25) is 0 Å². The minimum absolute atomic E-state index is 0.359. The van der Waals surface area contributed by atoms with Crippen molar-refractivity contribution in [3.63, 3.8) is 0 Å². The molecule has 1 saturated carbocycles. The predicted molar refractivity (Wildman–Crippen MR) is 73.3 cm³/mol. The summed E-state index contributed by atoms with van der Waals surface area (Å²) in [5, 5.41) is 9.52. The van der Waals surface area contributed by atoms with Crippen LogP contribution >= 0.6 is 34.8 Å². The van der Waals surface area contributed by atoms with E-state index in [9.17, 15) is 0 Å². The molecule has 1 aromatic carbocycles. The Balaban J connectivity index is 2.13. The van der Waals surface area contributed by atoms with Crippen molar-refractivity contribution < 1.29 is 0 Å². The molecule has 1 aliphatic carbocycles. The number of nitrogens with zero attached hydrogens (tertiary/aromatic N) is 3. The molecule has 0 bridgehead atoms. The van der Waals surface area contributed by atoms with E-state index >= 15 is 0 Å². The maximum absolute atomic E-state index is 6.02. The van der Waals surface area contributed by atoms with Gasteiger partial charge < -0.3 is 4.57 Å². The first kappa shape index (κ1) is 12.3. The molecule has 1 heterocycles. The van der Waals surface area contributed by atoms with Crippen LogP contribution in [0.2, 0.25) is 10.0 Å². The molecule has 3 rings (SSSR count). The summed E-state index contributed by atoms with van der Waals surface area (Å²) >= 11 is 17.9. The lowest BCUT2D eigenvalue weighted by molar-refractivity contribution is 0.712. The number of aromatic nitrogens is 3. The minimum Gasteiger partial charge on any atom is -0.307 e. The third-order valence-electron chi connectivity index (χ3n) is 2.92. The number of benzene rings is 1. The van der Waals surface area contributed by atoms with Gasteiger partial charge in [0, 0.05) is 21.7 Å². The Morgan fingerprint density at radius 3 is 2.33 bits per heavy atom. The van der Waals surface area contributed by atoms with Gasteiger partial charge in [0.25, 0.3) is 0 Å². The molecule has 0 radical (unpaired) electrons. The van der Waals surface area contributed by atoms with Gasteiger partial charge >= 0.3 is 0 Å². The molecule has 94 valence electrons. The molecule has 1 aromatic heterocycles. The number of rotatable bonds is 3. The quantitative estimate of drug-likeness (QED) is 0.790. The molecular formula is C12H10Cl3N3. The van der Waals surface area contributed by atoms with E-state index in [-0.39, 0.29) is 0 Å². The molecule has 0 atom stereocenters. The van der Waals surface area contributed by atoms with Gasteiger partial charge in [-0.2, -0.15) is 0 Å². The SMILES string of the molecule is ClCc1nnc(-c2cc(Cl)cc(Cl)c2)n1C1CC1. The van der Waals surface area contributed by atoms with Gasteiger partial charge in [-0.15, -0.1) is 21.8 Å². The van der Waals surface area contributed by atoms with Crippen molar-refractivity contribution >= 4 is 34.8 Å². The summed E-state index contributed by atoms with van der Waals surface area (Å²) in [6, 6.07) is 5.84. The molecule has 0 spiro atoms. The molecule has 0 saturated heterocycles. The van der Waals surface area contributed by atoms with Crippen LogP contribution in [0.1, 0.15) is 24.7 Å². The van der Waals surface area contributed by atoms with Crippen LogP contribution in [0, 0.1) is 0 Å². The van der Waals surface area contributed by atoms with Crippen molar-refractivity contribution in [2.75, 3.05) is 0 Å². The first-order valence-corrected chi connectivity index (χ1v) is 6.94. The fourth-order valence-electron chi connectivity index (χ4n) is 2.01. The first-order chi connectivity index (χ1) is 8.69. The number of hydrogen-bond donors (Lipinski definition) is 0. The van der Waals surface area contributed by atoms with Gasteiger partial charge in [0.15, 0.2) is 5.82 Å². The van der Waals surface area contributed by atoms with Crippen molar-refractivity contribution in [1.82, 2.24) is 14.8 Å². The molecule has 2 aromatic rings. The fourth-order valence-corrected chi connectivity index (χ4v) is 2.72. The molecule has 1 aliphatic rings. The molecule has 3 nitrogen and oxygen atoms in total. The second kappa shape index (κ2) is 4.72. The standard InChI is InChI=1S/C12H10Cl3N3/c13-6-11-16-17-12(18(11)10-1-2-10)7-3-8(14)5-9(15)4-7/h3-5,10H,1-2,6H2. The van der Waals surface area contributed by atoms with Gasteiger partial charge in [0.1, 0.15) is 5.82 Å². The minimum atomic E-state index is 0.359. The average Bonchev–Trinajstić information content (AvgIpc) is 3.07. The summed E-state index contributed by atoms with van der Waals surface area (Å²) in [5.41, 5.74) is 0.878. The second-order valence-electron chi connectivity index (χ2n) is 4.33. The maximum Gasteiger partial charge on any atom is 0.164 e.